The molecule has 0 bridgehead atoms. The zero-order valence-electron chi connectivity index (χ0n) is 13.5. The highest BCUT2D eigenvalue weighted by molar-refractivity contribution is 7.89. The van der Waals surface area contributed by atoms with Crippen LogP contribution >= 0.6 is 11.6 Å². The molecule has 2 aromatic rings. The van der Waals surface area contributed by atoms with Gasteiger partial charge in [0.1, 0.15) is 11.6 Å². The molecule has 26 heavy (non-hydrogen) atoms. The van der Waals surface area contributed by atoms with Crippen molar-refractivity contribution in [2.24, 2.45) is 5.10 Å². The fourth-order valence-electron chi connectivity index (χ4n) is 1.89. The highest BCUT2D eigenvalue weighted by atomic mass is 35.5. The molecule has 1 amide bonds. The summed E-state index contributed by atoms with van der Waals surface area (Å²) < 4.78 is 51.7. The van der Waals surface area contributed by atoms with Gasteiger partial charge in [0.05, 0.1) is 17.7 Å². The molecule has 0 heterocycles. The molecule has 0 radical (unpaired) electrons. The SMILES string of the molecule is CN(CC(=O)N/N=C\c1ccc(F)cc1F)S(=O)(=O)c1ccc(Cl)cc1. The van der Waals surface area contributed by atoms with Gasteiger partial charge in [-0.25, -0.2) is 22.6 Å². The van der Waals surface area contributed by atoms with Gasteiger partial charge in [-0.05, 0) is 36.4 Å². The molecule has 0 aliphatic rings. The van der Waals surface area contributed by atoms with Gasteiger partial charge >= 0.3 is 0 Å². The number of halogens is 3. The second-order valence-corrected chi connectivity index (χ2v) is 7.66. The van der Waals surface area contributed by atoms with Crippen LogP contribution in [0, 0.1) is 11.6 Å². The van der Waals surface area contributed by atoms with Gasteiger partial charge in [0.2, 0.25) is 10.0 Å². The fraction of sp³-hybridized carbons (Fsp3) is 0.125. The average Bonchev–Trinajstić information content (AvgIpc) is 2.57. The average molecular weight is 402 g/mol. The Bertz CT molecular complexity index is 934. The molecule has 2 aromatic carbocycles. The van der Waals surface area contributed by atoms with E-state index in [1.54, 1.807) is 0 Å². The first-order valence-corrected chi connectivity index (χ1v) is 9.01. The minimum absolute atomic E-state index is 0.0194. The third-order valence-corrected chi connectivity index (χ3v) is 5.31. The summed E-state index contributed by atoms with van der Waals surface area (Å²) in [5.41, 5.74) is 2.05. The molecule has 0 atom stereocenters. The fourth-order valence-corrected chi connectivity index (χ4v) is 3.14. The molecule has 0 spiro atoms. The lowest BCUT2D eigenvalue weighted by molar-refractivity contribution is -0.121. The lowest BCUT2D eigenvalue weighted by atomic mass is 10.2. The van der Waals surface area contributed by atoms with Crippen LogP contribution in [0.1, 0.15) is 5.56 Å². The zero-order valence-corrected chi connectivity index (χ0v) is 15.1. The van der Waals surface area contributed by atoms with E-state index in [0.29, 0.717) is 11.1 Å². The van der Waals surface area contributed by atoms with Gasteiger partial charge in [-0.1, -0.05) is 11.6 Å². The van der Waals surface area contributed by atoms with Crippen molar-refractivity contribution in [2.75, 3.05) is 13.6 Å². The van der Waals surface area contributed by atoms with Crippen LogP contribution in [-0.2, 0) is 14.8 Å². The van der Waals surface area contributed by atoms with Gasteiger partial charge in [-0.3, -0.25) is 4.79 Å². The summed E-state index contributed by atoms with van der Waals surface area (Å²) in [6.45, 7) is -0.506. The van der Waals surface area contributed by atoms with Crippen molar-refractivity contribution in [2.45, 2.75) is 4.90 Å². The van der Waals surface area contributed by atoms with Crippen molar-refractivity contribution < 1.29 is 22.0 Å². The minimum atomic E-state index is -3.88. The summed E-state index contributed by atoms with van der Waals surface area (Å²) in [4.78, 5) is 11.8. The summed E-state index contributed by atoms with van der Waals surface area (Å²) in [5, 5.41) is 3.91. The van der Waals surface area contributed by atoms with Gasteiger partial charge in [-0.15, -0.1) is 0 Å². The second kappa shape index (κ2) is 8.35. The molecule has 0 aliphatic heterocycles. The summed E-state index contributed by atoms with van der Waals surface area (Å²) in [6.07, 6.45) is 0.986. The van der Waals surface area contributed by atoms with E-state index in [2.05, 4.69) is 10.5 Å². The maximum Gasteiger partial charge on any atom is 0.255 e. The third-order valence-electron chi connectivity index (χ3n) is 3.24. The molecule has 6 nitrogen and oxygen atoms in total. The van der Waals surface area contributed by atoms with E-state index in [9.17, 15) is 22.0 Å². The number of hydrogen-bond donors (Lipinski definition) is 1. The highest BCUT2D eigenvalue weighted by Gasteiger charge is 2.22. The Hall–Kier alpha value is -2.36. The van der Waals surface area contributed by atoms with Crippen LogP contribution in [-0.4, -0.2) is 38.4 Å². The van der Waals surface area contributed by atoms with Crippen molar-refractivity contribution in [1.82, 2.24) is 9.73 Å². The van der Waals surface area contributed by atoms with Gasteiger partial charge in [0.15, 0.2) is 0 Å². The molecule has 0 aliphatic carbocycles. The van der Waals surface area contributed by atoms with Gasteiger partial charge in [-0.2, -0.15) is 9.41 Å². The van der Waals surface area contributed by atoms with Crippen LogP contribution in [0.2, 0.25) is 5.02 Å². The number of nitrogens with zero attached hydrogens (tertiary/aromatic N) is 2. The van der Waals surface area contributed by atoms with Crippen LogP contribution in [0.5, 0.6) is 0 Å². The first kappa shape index (κ1) is 20.0. The van der Waals surface area contributed by atoms with Crippen molar-refractivity contribution in [3.63, 3.8) is 0 Å². The largest absolute Gasteiger partial charge is 0.272 e. The van der Waals surface area contributed by atoms with E-state index in [-0.39, 0.29) is 10.5 Å². The lowest BCUT2D eigenvalue weighted by Crippen LogP contribution is -2.36. The first-order valence-electron chi connectivity index (χ1n) is 7.19. The molecule has 10 heteroatoms. The number of rotatable bonds is 6. The smallest absolute Gasteiger partial charge is 0.255 e. The Balaban J connectivity index is 1.98. The predicted molar refractivity (Wildman–Crippen MR) is 93.4 cm³/mol. The normalized spacial score (nSPS) is 11.9. The second-order valence-electron chi connectivity index (χ2n) is 5.17. The Morgan fingerprint density at radius 2 is 1.88 bits per heavy atom. The molecular formula is C16H14ClF2N3O3S. The molecular weight excluding hydrogens is 388 g/mol. The van der Waals surface area contributed by atoms with Gasteiger partial charge in [0.25, 0.3) is 5.91 Å². The van der Waals surface area contributed by atoms with Gasteiger partial charge in [0, 0.05) is 23.7 Å². The third kappa shape index (κ3) is 5.07. The Kier molecular flexibility index (Phi) is 6.41. The summed E-state index contributed by atoms with van der Waals surface area (Å²) >= 11 is 5.72. The zero-order chi connectivity index (χ0) is 19.3. The van der Waals surface area contributed by atoms with Crippen molar-refractivity contribution in [3.05, 3.63) is 64.7 Å². The molecule has 0 aromatic heterocycles. The number of carbonyl (C=O) groups is 1. The maximum atomic E-state index is 13.4. The number of sulfonamides is 1. The maximum absolute atomic E-state index is 13.4. The van der Waals surface area contributed by atoms with E-state index in [4.69, 9.17) is 11.6 Å². The molecule has 0 saturated carbocycles. The Morgan fingerprint density at radius 3 is 2.50 bits per heavy atom. The Labute approximate surface area is 154 Å². The van der Waals surface area contributed by atoms with Crippen LogP contribution in [0.25, 0.3) is 0 Å². The van der Waals surface area contributed by atoms with Crippen LogP contribution in [0.15, 0.2) is 52.5 Å². The van der Waals surface area contributed by atoms with E-state index >= 15 is 0 Å². The summed E-state index contributed by atoms with van der Waals surface area (Å²) in [6, 6.07) is 8.35. The monoisotopic (exact) mass is 401 g/mol. The number of amides is 1. The molecule has 138 valence electrons. The van der Waals surface area contributed by atoms with Crippen molar-refractivity contribution in [1.29, 1.82) is 0 Å². The number of likely N-dealkylation sites (N-methyl/N-ethyl adjacent to an activating group) is 1. The standard InChI is InChI=1S/C16H14ClF2N3O3S/c1-22(26(24,25)14-6-3-12(17)4-7-14)10-16(23)21-20-9-11-2-5-13(18)8-15(11)19/h2-9H,10H2,1H3,(H,21,23)/b20-9-. The number of carbonyl (C=O) groups excluding carboxylic acids is 1. The molecule has 2 rings (SSSR count). The molecule has 1 N–H and O–H groups in total. The molecule has 0 fully saturated rings. The topological polar surface area (TPSA) is 78.8 Å². The van der Waals surface area contributed by atoms with E-state index in [1.165, 1.54) is 31.3 Å². The van der Waals surface area contributed by atoms with E-state index < -0.39 is 34.1 Å². The lowest BCUT2D eigenvalue weighted by Gasteiger charge is -2.16. The minimum Gasteiger partial charge on any atom is -0.272 e. The van der Waals surface area contributed by atoms with E-state index in [1.807, 2.05) is 0 Å². The number of nitrogens with one attached hydrogen (secondary N) is 1. The highest BCUT2D eigenvalue weighted by Crippen LogP contribution is 2.17. The van der Waals surface area contributed by atoms with Crippen molar-refractivity contribution >= 4 is 33.7 Å². The van der Waals surface area contributed by atoms with Crippen LogP contribution in [0.4, 0.5) is 8.78 Å². The van der Waals surface area contributed by atoms with Crippen LogP contribution in [0.3, 0.4) is 0 Å². The molecule has 0 unspecified atom stereocenters. The van der Waals surface area contributed by atoms with Gasteiger partial charge < -0.3 is 0 Å². The predicted octanol–water partition coefficient (Wildman–Crippen LogP) is 2.39. The summed E-state index contributed by atoms with van der Waals surface area (Å²) in [5.74, 6) is -2.31. The quantitative estimate of drug-likeness (QED) is 0.596. The number of hydrazone groups is 1. The number of benzene rings is 2. The Morgan fingerprint density at radius 1 is 1.23 bits per heavy atom. The van der Waals surface area contributed by atoms with E-state index in [0.717, 1.165) is 22.7 Å². The van der Waals surface area contributed by atoms with Crippen molar-refractivity contribution in [3.8, 4) is 0 Å². The summed E-state index contributed by atoms with van der Waals surface area (Å²) in [7, 11) is -2.65. The number of hydrogen-bond acceptors (Lipinski definition) is 4. The first-order chi connectivity index (χ1) is 12.2. The van der Waals surface area contributed by atoms with Crippen LogP contribution < -0.4 is 5.43 Å². The molecule has 0 saturated heterocycles.